The van der Waals surface area contributed by atoms with Crippen LogP contribution in [0.2, 0.25) is 0 Å². The lowest BCUT2D eigenvalue weighted by molar-refractivity contribution is 0.0697. The van der Waals surface area contributed by atoms with Crippen LogP contribution in [0.1, 0.15) is 15.9 Å². The summed E-state index contributed by atoms with van der Waals surface area (Å²) < 4.78 is 5.54. The number of rotatable bonds is 5. The maximum atomic E-state index is 10.8. The maximum absolute atomic E-state index is 10.8. The third kappa shape index (κ3) is 3.45. The second kappa shape index (κ2) is 5.86. The first kappa shape index (κ1) is 12.9. The van der Waals surface area contributed by atoms with Crippen LogP contribution in [0.15, 0.2) is 42.7 Å². The van der Waals surface area contributed by atoms with E-state index < -0.39 is 5.97 Å². The minimum absolute atomic E-state index is 0.152. The van der Waals surface area contributed by atoms with Crippen LogP contribution in [0.3, 0.4) is 0 Å². The summed E-state index contributed by atoms with van der Waals surface area (Å²) in [6.45, 7) is 0.473. The molecule has 0 saturated carbocycles. The van der Waals surface area contributed by atoms with E-state index in [1.807, 2.05) is 12.1 Å². The summed E-state index contributed by atoms with van der Waals surface area (Å²) in [5, 5.41) is 8.82. The highest BCUT2D eigenvalue weighted by atomic mass is 16.5. The Morgan fingerprint density at radius 3 is 2.63 bits per heavy atom. The molecule has 0 spiro atoms. The summed E-state index contributed by atoms with van der Waals surface area (Å²) >= 11 is 0. The number of aromatic nitrogens is 1. The van der Waals surface area contributed by atoms with Gasteiger partial charge in [-0.25, -0.2) is 4.79 Å². The van der Waals surface area contributed by atoms with Crippen LogP contribution in [0, 0.1) is 0 Å². The van der Waals surface area contributed by atoms with E-state index in [0.717, 1.165) is 12.0 Å². The quantitative estimate of drug-likeness (QED) is 0.801. The first-order chi connectivity index (χ1) is 9.16. The molecule has 1 aromatic heterocycles. The van der Waals surface area contributed by atoms with Crippen LogP contribution < -0.4 is 10.5 Å². The van der Waals surface area contributed by atoms with Gasteiger partial charge in [-0.15, -0.1) is 0 Å². The van der Waals surface area contributed by atoms with Crippen LogP contribution in [-0.4, -0.2) is 22.7 Å². The zero-order chi connectivity index (χ0) is 13.7. The Labute approximate surface area is 110 Å². The minimum atomic E-state index is -1.00. The van der Waals surface area contributed by atoms with Crippen molar-refractivity contribution in [3.05, 3.63) is 53.9 Å². The molecule has 1 heterocycles. The number of benzene rings is 1. The summed E-state index contributed by atoms with van der Waals surface area (Å²) in [5.41, 5.74) is 7.34. The van der Waals surface area contributed by atoms with Crippen LogP contribution in [-0.2, 0) is 6.42 Å². The number of hydrogen-bond donors (Lipinski definition) is 2. The molecule has 0 atom stereocenters. The lowest BCUT2D eigenvalue weighted by atomic mass is 10.2. The average molecular weight is 258 g/mol. The number of nitrogens with zero attached hydrogens (tertiary/aromatic N) is 1. The van der Waals surface area contributed by atoms with Crippen LogP contribution in [0.4, 0.5) is 5.69 Å². The highest BCUT2D eigenvalue weighted by Crippen LogP contribution is 2.22. The first-order valence-electron chi connectivity index (χ1n) is 5.81. The molecule has 0 radical (unpaired) electrons. The van der Waals surface area contributed by atoms with Gasteiger partial charge in [-0.2, -0.15) is 0 Å². The van der Waals surface area contributed by atoms with Crippen LogP contribution in [0.5, 0.6) is 5.75 Å². The average Bonchev–Trinajstić information content (AvgIpc) is 2.41. The predicted octanol–water partition coefficient (Wildman–Crippen LogP) is 1.98. The fourth-order valence-corrected chi connectivity index (χ4v) is 1.64. The molecule has 5 nitrogen and oxygen atoms in total. The zero-order valence-electron chi connectivity index (χ0n) is 10.2. The van der Waals surface area contributed by atoms with Gasteiger partial charge >= 0.3 is 5.97 Å². The topological polar surface area (TPSA) is 85.4 Å². The molecular weight excluding hydrogens is 244 g/mol. The van der Waals surface area contributed by atoms with Gasteiger partial charge in [0.05, 0.1) is 17.9 Å². The summed E-state index contributed by atoms with van der Waals surface area (Å²) in [4.78, 5) is 14.7. The molecule has 0 amide bonds. The van der Waals surface area contributed by atoms with Gasteiger partial charge in [0.15, 0.2) is 0 Å². The Hall–Kier alpha value is -2.56. The molecule has 5 heteroatoms. The van der Waals surface area contributed by atoms with Gasteiger partial charge in [0.1, 0.15) is 5.75 Å². The Morgan fingerprint density at radius 2 is 2.00 bits per heavy atom. The summed E-state index contributed by atoms with van der Waals surface area (Å²) in [7, 11) is 0. The summed E-state index contributed by atoms with van der Waals surface area (Å²) in [6, 6.07) is 8.27. The van der Waals surface area contributed by atoms with Crippen LogP contribution >= 0.6 is 0 Å². The molecule has 0 saturated heterocycles. The molecule has 1 aromatic carbocycles. The first-order valence-corrected chi connectivity index (χ1v) is 5.81. The van der Waals surface area contributed by atoms with Crippen molar-refractivity contribution in [2.45, 2.75) is 6.42 Å². The van der Waals surface area contributed by atoms with Crippen molar-refractivity contribution in [2.24, 2.45) is 0 Å². The van der Waals surface area contributed by atoms with Gasteiger partial charge in [-0.3, -0.25) is 4.98 Å². The van der Waals surface area contributed by atoms with Crippen molar-refractivity contribution in [3.63, 3.8) is 0 Å². The molecule has 2 rings (SSSR count). The molecule has 0 unspecified atom stereocenters. The van der Waals surface area contributed by atoms with Gasteiger partial charge in [0, 0.05) is 18.8 Å². The Morgan fingerprint density at radius 1 is 1.26 bits per heavy atom. The molecular formula is C14H14N2O3. The van der Waals surface area contributed by atoms with Crippen molar-refractivity contribution < 1.29 is 14.6 Å². The number of anilines is 1. The number of carboxylic acids is 1. The summed E-state index contributed by atoms with van der Waals surface area (Å²) in [6.07, 6.45) is 4.19. The highest BCUT2D eigenvalue weighted by Gasteiger charge is 2.07. The van der Waals surface area contributed by atoms with Crippen molar-refractivity contribution in [3.8, 4) is 5.75 Å². The second-order valence-electron chi connectivity index (χ2n) is 4.01. The second-order valence-corrected chi connectivity index (χ2v) is 4.01. The van der Waals surface area contributed by atoms with Gasteiger partial charge in [-0.1, -0.05) is 0 Å². The normalized spacial score (nSPS) is 10.1. The van der Waals surface area contributed by atoms with Crippen molar-refractivity contribution in [2.75, 3.05) is 12.3 Å². The largest absolute Gasteiger partial charge is 0.491 e. The number of carboxylic acid groups (broad SMARTS) is 1. The van der Waals surface area contributed by atoms with Gasteiger partial charge in [0.2, 0.25) is 0 Å². The standard InChI is InChI=1S/C14H14N2O3/c15-12-9-11(14(17)18)1-2-13(12)19-8-5-10-3-6-16-7-4-10/h1-4,6-7,9H,5,8,15H2,(H,17,18). The van der Waals surface area contributed by atoms with Gasteiger partial charge in [0.25, 0.3) is 0 Å². The van der Waals surface area contributed by atoms with E-state index in [9.17, 15) is 4.79 Å². The van der Waals surface area contributed by atoms with E-state index in [1.54, 1.807) is 18.5 Å². The minimum Gasteiger partial charge on any atom is -0.491 e. The Kier molecular flexibility index (Phi) is 3.97. The Balaban J connectivity index is 1.95. The highest BCUT2D eigenvalue weighted by molar-refractivity contribution is 5.89. The van der Waals surface area contributed by atoms with E-state index in [-0.39, 0.29) is 5.56 Å². The smallest absolute Gasteiger partial charge is 0.335 e. The van der Waals surface area contributed by atoms with Crippen molar-refractivity contribution in [1.82, 2.24) is 4.98 Å². The number of ether oxygens (including phenoxy) is 1. The zero-order valence-corrected chi connectivity index (χ0v) is 10.2. The SMILES string of the molecule is Nc1cc(C(=O)O)ccc1OCCc1ccncc1. The molecule has 0 aliphatic rings. The number of nitrogen functional groups attached to an aromatic ring is 1. The lowest BCUT2D eigenvalue weighted by Crippen LogP contribution is -2.05. The fraction of sp³-hybridized carbons (Fsp3) is 0.143. The predicted molar refractivity (Wildman–Crippen MR) is 71.2 cm³/mol. The molecule has 19 heavy (non-hydrogen) atoms. The summed E-state index contributed by atoms with van der Waals surface area (Å²) in [5.74, 6) is -0.505. The molecule has 0 bridgehead atoms. The molecule has 0 aliphatic heterocycles. The molecule has 98 valence electrons. The fourth-order valence-electron chi connectivity index (χ4n) is 1.64. The monoisotopic (exact) mass is 258 g/mol. The molecule has 2 aromatic rings. The van der Waals surface area contributed by atoms with E-state index in [4.69, 9.17) is 15.6 Å². The Bertz CT molecular complexity index is 570. The number of carbonyl (C=O) groups is 1. The molecule has 0 fully saturated rings. The van der Waals surface area contributed by atoms with Gasteiger partial charge in [-0.05, 0) is 35.9 Å². The van der Waals surface area contributed by atoms with Crippen molar-refractivity contribution >= 4 is 11.7 Å². The van der Waals surface area contributed by atoms with Crippen LogP contribution in [0.25, 0.3) is 0 Å². The lowest BCUT2D eigenvalue weighted by Gasteiger charge is -2.09. The van der Waals surface area contributed by atoms with E-state index in [1.165, 1.54) is 12.1 Å². The third-order valence-electron chi connectivity index (χ3n) is 2.65. The number of aromatic carboxylic acids is 1. The van der Waals surface area contributed by atoms with Crippen molar-refractivity contribution in [1.29, 1.82) is 0 Å². The van der Waals surface area contributed by atoms with E-state index >= 15 is 0 Å². The maximum Gasteiger partial charge on any atom is 0.335 e. The molecule has 0 aliphatic carbocycles. The number of hydrogen-bond acceptors (Lipinski definition) is 4. The molecule has 3 N–H and O–H groups in total. The van der Waals surface area contributed by atoms with E-state index in [0.29, 0.717) is 18.0 Å². The number of pyridine rings is 1. The third-order valence-corrected chi connectivity index (χ3v) is 2.65. The number of nitrogens with two attached hydrogens (primary N) is 1. The van der Waals surface area contributed by atoms with E-state index in [2.05, 4.69) is 4.98 Å². The van der Waals surface area contributed by atoms with Gasteiger partial charge < -0.3 is 15.6 Å².